The van der Waals surface area contributed by atoms with Crippen LogP contribution in [0.15, 0.2) is 11.6 Å². The smallest absolute Gasteiger partial charge is 0.235 e. The van der Waals surface area contributed by atoms with Crippen molar-refractivity contribution in [1.82, 2.24) is 10.6 Å². The Morgan fingerprint density at radius 3 is 2.40 bits per heavy atom. The van der Waals surface area contributed by atoms with Crippen LogP contribution < -0.4 is 10.6 Å². The number of allylic oxidation sites excluding steroid dienone is 1. The summed E-state index contributed by atoms with van der Waals surface area (Å²) in [6.07, 6.45) is 10.4. The predicted molar refractivity (Wildman–Crippen MR) is 79.1 cm³/mol. The van der Waals surface area contributed by atoms with Gasteiger partial charge in [0.1, 0.15) is 5.41 Å². The van der Waals surface area contributed by atoms with Gasteiger partial charge in [0, 0.05) is 13.1 Å². The largest absolute Gasteiger partial charge is 0.355 e. The molecule has 0 aromatic carbocycles. The highest BCUT2D eigenvalue weighted by molar-refractivity contribution is 6.07. The molecule has 0 saturated heterocycles. The van der Waals surface area contributed by atoms with E-state index >= 15 is 0 Å². The van der Waals surface area contributed by atoms with Crippen molar-refractivity contribution in [2.24, 2.45) is 5.41 Å². The molecule has 4 nitrogen and oxygen atoms in total. The van der Waals surface area contributed by atoms with Crippen molar-refractivity contribution in [2.75, 3.05) is 13.1 Å². The minimum absolute atomic E-state index is 0.0810. The third-order valence-electron chi connectivity index (χ3n) is 4.27. The van der Waals surface area contributed by atoms with Crippen LogP contribution in [-0.2, 0) is 9.59 Å². The Hall–Kier alpha value is -1.32. The molecule has 4 heteroatoms. The lowest BCUT2D eigenvalue weighted by Crippen LogP contribution is -2.43. The number of hydrogen-bond acceptors (Lipinski definition) is 2. The highest BCUT2D eigenvalue weighted by Gasteiger charge is 2.56. The second kappa shape index (κ2) is 6.91. The maximum atomic E-state index is 12.2. The molecule has 0 aromatic heterocycles. The molecule has 2 rings (SSSR count). The summed E-state index contributed by atoms with van der Waals surface area (Å²) < 4.78 is 0. The van der Waals surface area contributed by atoms with E-state index in [1.165, 1.54) is 24.8 Å². The van der Waals surface area contributed by atoms with E-state index in [2.05, 4.69) is 16.7 Å². The van der Waals surface area contributed by atoms with Crippen molar-refractivity contribution in [3.05, 3.63) is 11.6 Å². The Bertz CT molecular complexity index is 397. The van der Waals surface area contributed by atoms with Crippen LogP contribution in [0.25, 0.3) is 0 Å². The van der Waals surface area contributed by atoms with Gasteiger partial charge < -0.3 is 10.6 Å². The predicted octanol–water partition coefficient (Wildman–Crippen LogP) is 2.30. The number of rotatable bonds is 7. The van der Waals surface area contributed by atoms with E-state index in [4.69, 9.17) is 0 Å². The maximum Gasteiger partial charge on any atom is 0.235 e. The summed E-state index contributed by atoms with van der Waals surface area (Å²) in [5.41, 5.74) is 0.702. The highest BCUT2D eigenvalue weighted by atomic mass is 16.2. The number of amides is 2. The van der Waals surface area contributed by atoms with E-state index in [-0.39, 0.29) is 11.8 Å². The van der Waals surface area contributed by atoms with Crippen LogP contribution >= 0.6 is 0 Å². The van der Waals surface area contributed by atoms with E-state index < -0.39 is 5.41 Å². The molecule has 0 atom stereocenters. The molecule has 0 aliphatic heterocycles. The molecule has 2 aliphatic rings. The summed E-state index contributed by atoms with van der Waals surface area (Å²) in [4.78, 5) is 24.2. The lowest BCUT2D eigenvalue weighted by atomic mass is 9.97. The van der Waals surface area contributed by atoms with Crippen LogP contribution in [0.5, 0.6) is 0 Å². The van der Waals surface area contributed by atoms with Gasteiger partial charge in [-0.1, -0.05) is 18.6 Å². The van der Waals surface area contributed by atoms with Crippen molar-refractivity contribution in [3.63, 3.8) is 0 Å². The number of carbonyl (C=O) groups excluding carboxylic acids is 2. The third-order valence-corrected chi connectivity index (χ3v) is 4.27. The van der Waals surface area contributed by atoms with E-state index in [0.717, 1.165) is 19.3 Å². The molecule has 0 unspecified atom stereocenters. The minimum atomic E-state index is -0.754. The fraction of sp³-hybridized carbons (Fsp3) is 0.750. The van der Waals surface area contributed by atoms with Gasteiger partial charge in [-0.2, -0.15) is 0 Å². The van der Waals surface area contributed by atoms with Crippen LogP contribution in [0.2, 0.25) is 0 Å². The van der Waals surface area contributed by atoms with Gasteiger partial charge in [-0.3, -0.25) is 9.59 Å². The van der Waals surface area contributed by atoms with Gasteiger partial charge in [0.25, 0.3) is 0 Å². The lowest BCUT2D eigenvalue weighted by molar-refractivity contribution is -0.137. The Balaban J connectivity index is 1.74. The van der Waals surface area contributed by atoms with Crippen molar-refractivity contribution in [2.45, 2.75) is 58.3 Å². The highest BCUT2D eigenvalue weighted by Crippen LogP contribution is 2.46. The average Bonchev–Trinajstić information content (AvgIpc) is 3.27. The Labute approximate surface area is 121 Å². The summed E-state index contributed by atoms with van der Waals surface area (Å²) in [5.74, 6) is -0.170. The van der Waals surface area contributed by atoms with Gasteiger partial charge >= 0.3 is 0 Å². The lowest BCUT2D eigenvalue weighted by Gasteiger charge is -2.16. The quantitative estimate of drug-likeness (QED) is 0.554. The molecular formula is C16H26N2O2. The molecule has 0 aromatic rings. The van der Waals surface area contributed by atoms with Crippen LogP contribution in [0, 0.1) is 5.41 Å². The van der Waals surface area contributed by atoms with Gasteiger partial charge in [0.2, 0.25) is 11.8 Å². The zero-order chi connectivity index (χ0) is 14.4. The van der Waals surface area contributed by atoms with Gasteiger partial charge in [-0.05, 0) is 51.4 Å². The average molecular weight is 278 g/mol. The summed E-state index contributed by atoms with van der Waals surface area (Å²) >= 11 is 0. The first kappa shape index (κ1) is 15.1. The van der Waals surface area contributed by atoms with Crippen molar-refractivity contribution in [1.29, 1.82) is 0 Å². The van der Waals surface area contributed by atoms with Crippen LogP contribution in [-0.4, -0.2) is 24.9 Å². The van der Waals surface area contributed by atoms with E-state index in [1.54, 1.807) is 0 Å². The standard InChI is InChI=1S/C16H26N2O2/c1-2-11-17-14(19)16(9-10-16)15(20)18-12-8-13-6-4-3-5-7-13/h6H,2-5,7-12H2,1H3,(H,17,19)(H,18,20). The monoisotopic (exact) mass is 278 g/mol. The summed E-state index contributed by atoms with van der Waals surface area (Å²) in [7, 11) is 0. The van der Waals surface area contributed by atoms with E-state index in [1.807, 2.05) is 6.92 Å². The van der Waals surface area contributed by atoms with Gasteiger partial charge in [-0.15, -0.1) is 0 Å². The summed E-state index contributed by atoms with van der Waals surface area (Å²) in [6.45, 7) is 3.33. The van der Waals surface area contributed by atoms with Gasteiger partial charge in [-0.25, -0.2) is 0 Å². The van der Waals surface area contributed by atoms with Crippen molar-refractivity contribution >= 4 is 11.8 Å². The molecule has 2 N–H and O–H groups in total. The second-order valence-corrected chi connectivity index (χ2v) is 5.95. The zero-order valence-electron chi connectivity index (χ0n) is 12.5. The Morgan fingerprint density at radius 2 is 1.85 bits per heavy atom. The molecule has 1 saturated carbocycles. The van der Waals surface area contributed by atoms with Crippen LogP contribution in [0.1, 0.15) is 58.3 Å². The van der Waals surface area contributed by atoms with Crippen LogP contribution in [0.4, 0.5) is 0 Å². The first-order chi connectivity index (χ1) is 9.69. The maximum absolute atomic E-state index is 12.2. The normalized spacial score (nSPS) is 19.9. The Kier molecular flexibility index (Phi) is 5.21. The first-order valence-electron chi connectivity index (χ1n) is 7.93. The van der Waals surface area contributed by atoms with E-state index in [0.29, 0.717) is 25.9 Å². The minimum Gasteiger partial charge on any atom is -0.355 e. The molecule has 1 fully saturated rings. The fourth-order valence-corrected chi connectivity index (χ4v) is 2.73. The number of nitrogens with one attached hydrogen (secondary N) is 2. The molecule has 20 heavy (non-hydrogen) atoms. The summed E-state index contributed by atoms with van der Waals surface area (Å²) in [6, 6.07) is 0. The molecule has 0 radical (unpaired) electrons. The SMILES string of the molecule is CCCNC(=O)C1(C(=O)NCCC2=CCCCC2)CC1. The fourth-order valence-electron chi connectivity index (χ4n) is 2.73. The van der Waals surface area contributed by atoms with Gasteiger partial charge in [0.05, 0.1) is 0 Å². The third kappa shape index (κ3) is 3.62. The molecule has 112 valence electrons. The molecule has 0 spiro atoms. The summed E-state index contributed by atoms with van der Waals surface area (Å²) in [5, 5.41) is 5.79. The molecule has 2 aliphatic carbocycles. The number of carbonyl (C=O) groups is 2. The topological polar surface area (TPSA) is 58.2 Å². The van der Waals surface area contributed by atoms with E-state index in [9.17, 15) is 9.59 Å². The number of hydrogen-bond donors (Lipinski definition) is 2. The second-order valence-electron chi connectivity index (χ2n) is 5.95. The molecule has 2 amide bonds. The first-order valence-corrected chi connectivity index (χ1v) is 7.93. The Morgan fingerprint density at radius 1 is 1.15 bits per heavy atom. The zero-order valence-corrected chi connectivity index (χ0v) is 12.5. The van der Waals surface area contributed by atoms with Gasteiger partial charge in [0.15, 0.2) is 0 Å². The molecule has 0 heterocycles. The molecule has 0 bridgehead atoms. The van der Waals surface area contributed by atoms with Crippen molar-refractivity contribution < 1.29 is 9.59 Å². The molecular weight excluding hydrogens is 252 g/mol. The van der Waals surface area contributed by atoms with Crippen LogP contribution in [0.3, 0.4) is 0 Å². The van der Waals surface area contributed by atoms with Crippen molar-refractivity contribution in [3.8, 4) is 0 Å².